The highest BCUT2D eigenvalue weighted by Gasteiger charge is 2.38. The number of rotatable bonds is 13. The average molecular weight is 656 g/mol. The van der Waals surface area contributed by atoms with E-state index < -0.39 is 18.2 Å². The van der Waals surface area contributed by atoms with Crippen LogP contribution in [0.25, 0.3) is 11.1 Å². The molecule has 4 atom stereocenters. The molecule has 1 aliphatic rings. The summed E-state index contributed by atoms with van der Waals surface area (Å²) in [6, 6.07) is 30.2. The lowest BCUT2D eigenvalue weighted by molar-refractivity contribution is -0.268. The second-order valence-electron chi connectivity index (χ2n) is 11.4. The van der Waals surface area contributed by atoms with Crippen LogP contribution in [0, 0.1) is 5.92 Å². The van der Waals surface area contributed by atoms with Crippen molar-refractivity contribution in [3.8, 4) is 11.1 Å². The van der Waals surface area contributed by atoms with Gasteiger partial charge in [-0.25, -0.2) is 4.79 Å². The van der Waals surface area contributed by atoms with Gasteiger partial charge in [-0.2, -0.15) is 0 Å². The zero-order valence-corrected chi connectivity index (χ0v) is 26.7. The number of ether oxygens (including phenoxy) is 2. The summed E-state index contributed by atoms with van der Waals surface area (Å²) in [6.45, 7) is 2.28. The maximum absolute atomic E-state index is 12.1. The Morgan fingerprint density at radius 3 is 2.19 bits per heavy atom. The highest BCUT2D eigenvalue weighted by Crippen LogP contribution is 2.43. The van der Waals surface area contributed by atoms with E-state index in [4.69, 9.17) is 14.6 Å². The van der Waals surface area contributed by atoms with Crippen molar-refractivity contribution in [3.63, 3.8) is 0 Å². The van der Waals surface area contributed by atoms with Crippen LogP contribution in [0.2, 0.25) is 0 Å². The van der Waals surface area contributed by atoms with Crippen LogP contribution in [0.5, 0.6) is 0 Å². The number of aliphatic hydroxyl groups excluding tert-OH is 1. The number of nitrogens with one attached hydrogen (secondary N) is 1. The second kappa shape index (κ2) is 15.9. The van der Waals surface area contributed by atoms with Crippen molar-refractivity contribution in [3.05, 3.63) is 125 Å². The molecular weight excluding hydrogens is 618 g/mol. The summed E-state index contributed by atoms with van der Waals surface area (Å²) in [5.41, 5.74) is 5.59. The van der Waals surface area contributed by atoms with E-state index in [1.807, 2.05) is 78.9 Å². The number of carboxylic acid groups (broad SMARTS) is 2. The third-order valence-corrected chi connectivity index (χ3v) is 9.36. The average Bonchev–Trinajstić information content (AvgIpc) is 3.09. The normalized spacial score (nSPS) is 19.2. The fourth-order valence-electron chi connectivity index (χ4n) is 5.53. The monoisotopic (exact) mass is 655 g/mol. The van der Waals surface area contributed by atoms with Gasteiger partial charge in [0, 0.05) is 35.1 Å². The molecule has 1 amide bonds. The van der Waals surface area contributed by atoms with Crippen molar-refractivity contribution < 1.29 is 39.2 Å². The van der Waals surface area contributed by atoms with Gasteiger partial charge in [-0.15, -0.1) is 11.8 Å². The van der Waals surface area contributed by atoms with Crippen molar-refractivity contribution in [2.75, 3.05) is 5.75 Å². The molecule has 1 fully saturated rings. The van der Waals surface area contributed by atoms with Crippen molar-refractivity contribution in [1.82, 2.24) is 5.32 Å². The van der Waals surface area contributed by atoms with Crippen LogP contribution in [0.3, 0.4) is 0 Å². The van der Waals surface area contributed by atoms with Gasteiger partial charge in [0.15, 0.2) is 6.29 Å². The number of aliphatic hydroxyl groups is 1. The lowest BCUT2D eigenvalue weighted by atomic mass is 9.91. The van der Waals surface area contributed by atoms with Gasteiger partial charge < -0.3 is 30.1 Å². The van der Waals surface area contributed by atoms with E-state index in [2.05, 4.69) is 12.2 Å². The lowest BCUT2D eigenvalue weighted by Gasteiger charge is -2.41. The molecule has 0 aliphatic carbocycles. The summed E-state index contributed by atoms with van der Waals surface area (Å²) in [5, 5.41) is 30.9. The van der Waals surface area contributed by atoms with E-state index >= 15 is 0 Å². The van der Waals surface area contributed by atoms with Gasteiger partial charge in [-0.1, -0.05) is 91.9 Å². The Balaban J connectivity index is 1.36. The fraction of sp³-hybridized carbons (Fsp3) is 0.270. The summed E-state index contributed by atoms with van der Waals surface area (Å²) in [7, 11) is 0. The van der Waals surface area contributed by atoms with Gasteiger partial charge in [0.05, 0.1) is 30.8 Å². The number of aromatic carboxylic acids is 1. The predicted molar refractivity (Wildman–Crippen MR) is 178 cm³/mol. The number of hydrogen-bond acceptors (Lipinski definition) is 7. The number of carbonyl (C=O) groups is 3. The summed E-state index contributed by atoms with van der Waals surface area (Å²) < 4.78 is 13.1. The molecule has 1 saturated heterocycles. The predicted octanol–water partition coefficient (Wildman–Crippen LogP) is 6.61. The molecule has 1 aliphatic heterocycles. The van der Waals surface area contributed by atoms with Crippen LogP contribution in [0.4, 0.5) is 0 Å². The van der Waals surface area contributed by atoms with Crippen LogP contribution < -0.4 is 5.32 Å². The van der Waals surface area contributed by atoms with Crippen LogP contribution in [0.1, 0.15) is 64.8 Å². The smallest absolute Gasteiger partial charge is 0.336 e. The van der Waals surface area contributed by atoms with Crippen molar-refractivity contribution >= 4 is 29.6 Å². The van der Waals surface area contributed by atoms with Gasteiger partial charge in [-0.3, -0.25) is 9.59 Å². The quantitative estimate of drug-likeness (QED) is 0.117. The molecule has 4 aromatic rings. The molecule has 0 unspecified atom stereocenters. The lowest BCUT2D eigenvalue weighted by Crippen LogP contribution is -2.38. The zero-order chi connectivity index (χ0) is 33.3. The number of hydrogen-bond donors (Lipinski definition) is 4. The number of benzene rings is 4. The topological polar surface area (TPSA) is 142 Å². The fourth-order valence-corrected chi connectivity index (χ4v) is 6.74. The summed E-state index contributed by atoms with van der Waals surface area (Å²) >= 11 is 1.45. The van der Waals surface area contributed by atoms with E-state index in [0.29, 0.717) is 10.6 Å². The highest BCUT2D eigenvalue weighted by molar-refractivity contribution is 7.99. The van der Waals surface area contributed by atoms with Gasteiger partial charge >= 0.3 is 11.9 Å². The van der Waals surface area contributed by atoms with Crippen molar-refractivity contribution in [2.45, 2.75) is 56.3 Å². The van der Waals surface area contributed by atoms with E-state index in [1.165, 1.54) is 11.8 Å². The molecule has 47 heavy (non-hydrogen) atoms. The van der Waals surface area contributed by atoms with Gasteiger partial charge in [-0.05, 0) is 39.9 Å². The molecule has 4 N–H and O–H groups in total. The number of aliphatic carboxylic acids is 1. The van der Waals surface area contributed by atoms with Crippen LogP contribution in [0.15, 0.2) is 102 Å². The molecule has 0 saturated carbocycles. The summed E-state index contributed by atoms with van der Waals surface area (Å²) in [6.07, 6.45) is -1.57. The molecule has 0 radical (unpaired) electrons. The Bertz CT molecular complexity index is 1690. The number of amides is 1. The molecule has 9 nitrogen and oxygen atoms in total. The molecule has 10 heteroatoms. The third-order valence-electron chi connectivity index (χ3n) is 8.20. The van der Waals surface area contributed by atoms with Crippen LogP contribution in [-0.2, 0) is 32.2 Å². The van der Waals surface area contributed by atoms with Crippen LogP contribution in [-0.4, -0.2) is 45.0 Å². The Hall–Kier alpha value is -4.48. The third kappa shape index (κ3) is 8.66. The maximum atomic E-state index is 12.1. The molecule has 0 bridgehead atoms. The summed E-state index contributed by atoms with van der Waals surface area (Å²) in [4.78, 5) is 35.4. The van der Waals surface area contributed by atoms with E-state index in [-0.39, 0.29) is 55.6 Å². The van der Waals surface area contributed by atoms with E-state index in [0.717, 1.165) is 33.4 Å². The summed E-state index contributed by atoms with van der Waals surface area (Å²) in [5.74, 6) is -1.86. The molecule has 0 spiro atoms. The largest absolute Gasteiger partial charge is 0.481 e. The highest BCUT2D eigenvalue weighted by atomic mass is 32.2. The number of carboxylic acids is 2. The SMILES string of the molecule is C[C@@H]1[C@H](CSc2ccccc2C(=O)O)O[C@H](c2ccc(-c3ccccc3CNC(=O)CCC(=O)O)cc2)O[C@@H]1c1ccc(CO)cc1. The zero-order valence-electron chi connectivity index (χ0n) is 25.9. The molecular formula is C37H37NO8S. The van der Waals surface area contributed by atoms with Gasteiger partial charge in [0.25, 0.3) is 0 Å². The molecule has 244 valence electrons. The minimum Gasteiger partial charge on any atom is -0.481 e. The first-order valence-electron chi connectivity index (χ1n) is 15.4. The molecule has 0 aromatic heterocycles. The number of thioether (sulfide) groups is 1. The Morgan fingerprint density at radius 2 is 1.49 bits per heavy atom. The van der Waals surface area contributed by atoms with Gasteiger partial charge in [0.1, 0.15) is 0 Å². The van der Waals surface area contributed by atoms with Gasteiger partial charge in [0.2, 0.25) is 5.91 Å². The van der Waals surface area contributed by atoms with E-state index in [9.17, 15) is 24.6 Å². The first-order valence-corrected chi connectivity index (χ1v) is 16.3. The molecule has 5 rings (SSSR count). The molecule has 1 heterocycles. The standard InChI is InChI=1S/C37H37NO8S/c1-23-31(22-47-32-9-5-4-8-30(32)36(43)44)45-37(46-35(23)26-12-10-24(21-39)11-13-26)27-16-14-25(15-17-27)29-7-3-2-6-28(29)20-38-33(40)18-19-34(41)42/h2-17,23,31,35,37,39H,18-22H2,1H3,(H,38,40)(H,41,42)(H,43,44)/t23-,31+,35+,37+/m1/s1. The molecule has 4 aromatic carbocycles. The second-order valence-corrected chi connectivity index (χ2v) is 12.4. The first-order chi connectivity index (χ1) is 22.7. The Labute approximate surface area is 277 Å². The maximum Gasteiger partial charge on any atom is 0.336 e. The Kier molecular flexibility index (Phi) is 11.4. The minimum absolute atomic E-state index is 0.0537. The number of carbonyl (C=O) groups excluding carboxylic acids is 1. The van der Waals surface area contributed by atoms with Crippen molar-refractivity contribution in [1.29, 1.82) is 0 Å². The van der Waals surface area contributed by atoms with Crippen molar-refractivity contribution in [2.24, 2.45) is 5.92 Å². The van der Waals surface area contributed by atoms with Crippen LogP contribution >= 0.6 is 11.8 Å². The first kappa shape index (κ1) is 33.9. The van der Waals surface area contributed by atoms with E-state index in [1.54, 1.807) is 18.2 Å². The Morgan fingerprint density at radius 1 is 0.809 bits per heavy atom. The minimum atomic E-state index is -1.01.